The molecule has 0 saturated carbocycles. The number of amides is 1. The molecule has 0 aliphatic carbocycles. The average Bonchev–Trinajstić information content (AvgIpc) is 3.12. The van der Waals surface area contributed by atoms with Crippen LogP contribution < -0.4 is 15.5 Å². The topological polar surface area (TPSA) is 93.6 Å². The largest absolute Gasteiger partial charge is 0.395 e. The van der Waals surface area contributed by atoms with E-state index < -0.39 is 5.54 Å². The van der Waals surface area contributed by atoms with Crippen LogP contribution in [0.3, 0.4) is 0 Å². The number of carbonyl (C=O) groups excluding carboxylic acids is 1. The van der Waals surface area contributed by atoms with Crippen LogP contribution in [0.15, 0.2) is 24.3 Å². The van der Waals surface area contributed by atoms with Crippen LogP contribution in [0, 0.1) is 5.82 Å². The van der Waals surface area contributed by atoms with Gasteiger partial charge in [-0.05, 0) is 51.8 Å². The minimum Gasteiger partial charge on any atom is -0.395 e. The fourth-order valence-electron chi connectivity index (χ4n) is 4.45. The van der Waals surface area contributed by atoms with E-state index in [0.717, 1.165) is 11.1 Å². The molecule has 4 rings (SSSR count). The van der Waals surface area contributed by atoms with Gasteiger partial charge in [-0.15, -0.1) is 0 Å². The van der Waals surface area contributed by atoms with Crippen LogP contribution in [0.25, 0.3) is 0 Å². The van der Waals surface area contributed by atoms with Crippen molar-refractivity contribution in [3.63, 3.8) is 0 Å². The normalized spacial score (nSPS) is 18.8. The number of hydrogen-bond acceptors (Lipinski definition) is 7. The quantitative estimate of drug-likeness (QED) is 0.588. The van der Waals surface area contributed by atoms with Gasteiger partial charge in [0, 0.05) is 42.8 Å². The standard InChI is InChI=1S/C24H33FN6O2/c1-15(2)31-13-19-20(22(31)33)27-23(30-10-9-26-18(12-30)14-32)28-21(19)29-24(3,4)11-16-5-7-17(25)8-6-16/h5-8,15,18,26,32H,9-14H2,1-4H3,(H,27,28,29)/t18-/m1/s1. The van der Waals surface area contributed by atoms with Gasteiger partial charge in [-0.25, -0.2) is 9.37 Å². The molecule has 8 nitrogen and oxygen atoms in total. The third kappa shape index (κ3) is 5.09. The van der Waals surface area contributed by atoms with Crippen molar-refractivity contribution in [1.29, 1.82) is 0 Å². The first-order chi connectivity index (χ1) is 15.7. The summed E-state index contributed by atoms with van der Waals surface area (Å²) in [6.07, 6.45) is 0.656. The summed E-state index contributed by atoms with van der Waals surface area (Å²) in [6, 6.07) is 6.49. The van der Waals surface area contributed by atoms with Crippen LogP contribution in [-0.2, 0) is 13.0 Å². The van der Waals surface area contributed by atoms with Crippen molar-refractivity contribution >= 4 is 17.7 Å². The van der Waals surface area contributed by atoms with Crippen molar-refractivity contribution in [3.05, 3.63) is 46.9 Å². The van der Waals surface area contributed by atoms with E-state index in [1.54, 1.807) is 17.0 Å². The summed E-state index contributed by atoms with van der Waals surface area (Å²) in [5, 5.41) is 16.4. The van der Waals surface area contributed by atoms with Crippen LogP contribution in [0.5, 0.6) is 0 Å². The summed E-state index contributed by atoms with van der Waals surface area (Å²) in [6.45, 7) is 10.6. The van der Waals surface area contributed by atoms with E-state index in [0.29, 0.717) is 50.1 Å². The Kier molecular flexibility index (Phi) is 6.54. The molecule has 1 atom stereocenters. The number of aliphatic hydroxyl groups excluding tert-OH is 1. The molecule has 0 unspecified atom stereocenters. The Morgan fingerprint density at radius 1 is 1.27 bits per heavy atom. The molecule has 1 aromatic carbocycles. The molecule has 0 bridgehead atoms. The third-order valence-electron chi connectivity index (χ3n) is 6.19. The second-order valence-electron chi connectivity index (χ2n) is 9.82. The number of halogens is 1. The molecule has 33 heavy (non-hydrogen) atoms. The number of fused-ring (bicyclic) bond motifs is 1. The summed E-state index contributed by atoms with van der Waals surface area (Å²) >= 11 is 0. The highest BCUT2D eigenvalue weighted by Crippen LogP contribution is 2.32. The molecule has 1 amide bonds. The Balaban J connectivity index is 1.67. The van der Waals surface area contributed by atoms with E-state index in [2.05, 4.69) is 29.5 Å². The number of aromatic nitrogens is 2. The number of piperazine rings is 1. The molecule has 9 heteroatoms. The second kappa shape index (κ2) is 9.23. The molecular formula is C24H33FN6O2. The van der Waals surface area contributed by atoms with E-state index in [9.17, 15) is 14.3 Å². The van der Waals surface area contributed by atoms with Crippen LogP contribution in [-0.4, -0.2) is 69.7 Å². The molecule has 178 valence electrons. The number of benzene rings is 1. The highest BCUT2D eigenvalue weighted by molar-refractivity contribution is 5.98. The maximum atomic E-state index is 13.3. The van der Waals surface area contributed by atoms with Gasteiger partial charge in [0.25, 0.3) is 5.91 Å². The molecule has 2 aliphatic heterocycles. The summed E-state index contributed by atoms with van der Waals surface area (Å²) in [5.74, 6) is 0.801. The van der Waals surface area contributed by atoms with E-state index in [1.165, 1.54) is 12.1 Å². The van der Waals surface area contributed by atoms with Gasteiger partial charge in [0.2, 0.25) is 5.95 Å². The first-order valence-corrected chi connectivity index (χ1v) is 11.5. The Labute approximate surface area is 194 Å². The van der Waals surface area contributed by atoms with Crippen molar-refractivity contribution in [2.75, 3.05) is 36.5 Å². The van der Waals surface area contributed by atoms with Gasteiger partial charge in [0.05, 0.1) is 13.2 Å². The lowest BCUT2D eigenvalue weighted by atomic mass is 9.94. The molecule has 1 saturated heterocycles. The zero-order valence-corrected chi connectivity index (χ0v) is 19.7. The number of rotatable bonds is 7. The number of nitrogens with one attached hydrogen (secondary N) is 2. The summed E-state index contributed by atoms with van der Waals surface area (Å²) in [4.78, 5) is 26.5. The second-order valence-corrected chi connectivity index (χ2v) is 9.82. The lowest BCUT2D eigenvalue weighted by Crippen LogP contribution is -2.53. The molecule has 1 fully saturated rings. The minimum absolute atomic E-state index is 0.0251. The predicted molar refractivity (Wildman–Crippen MR) is 126 cm³/mol. The Morgan fingerprint density at radius 3 is 2.67 bits per heavy atom. The van der Waals surface area contributed by atoms with Gasteiger partial charge in [-0.1, -0.05) is 12.1 Å². The fourth-order valence-corrected chi connectivity index (χ4v) is 4.45. The summed E-state index contributed by atoms with van der Waals surface area (Å²) in [7, 11) is 0. The lowest BCUT2D eigenvalue weighted by molar-refractivity contribution is 0.0726. The van der Waals surface area contributed by atoms with E-state index >= 15 is 0 Å². The van der Waals surface area contributed by atoms with Gasteiger partial charge >= 0.3 is 0 Å². The van der Waals surface area contributed by atoms with Crippen LogP contribution in [0.1, 0.15) is 49.3 Å². The first kappa shape index (κ1) is 23.4. The van der Waals surface area contributed by atoms with E-state index in [4.69, 9.17) is 4.98 Å². The van der Waals surface area contributed by atoms with Crippen LogP contribution in [0.4, 0.5) is 16.2 Å². The van der Waals surface area contributed by atoms with Crippen molar-refractivity contribution in [2.24, 2.45) is 0 Å². The minimum atomic E-state index is -0.400. The SMILES string of the molecule is CC(C)N1Cc2c(NC(C)(C)Cc3ccc(F)cc3)nc(N3CCN[C@@H](CO)C3)nc2C1=O. The first-order valence-electron chi connectivity index (χ1n) is 11.5. The lowest BCUT2D eigenvalue weighted by Gasteiger charge is -2.34. The van der Waals surface area contributed by atoms with Crippen molar-refractivity contribution in [2.45, 2.75) is 58.3 Å². The Hall–Kier alpha value is -2.78. The molecule has 3 heterocycles. The number of anilines is 2. The monoisotopic (exact) mass is 456 g/mol. The van der Waals surface area contributed by atoms with Gasteiger partial charge in [-0.2, -0.15) is 4.98 Å². The number of hydrogen-bond donors (Lipinski definition) is 3. The zero-order chi connectivity index (χ0) is 23.8. The highest BCUT2D eigenvalue weighted by Gasteiger charge is 2.36. The third-order valence-corrected chi connectivity index (χ3v) is 6.19. The number of carbonyl (C=O) groups is 1. The van der Waals surface area contributed by atoms with Crippen molar-refractivity contribution in [1.82, 2.24) is 20.2 Å². The van der Waals surface area contributed by atoms with E-state index in [-0.39, 0.29) is 30.4 Å². The van der Waals surface area contributed by atoms with Gasteiger partial charge in [0.1, 0.15) is 17.3 Å². The van der Waals surface area contributed by atoms with E-state index in [1.807, 2.05) is 18.7 Å². The molecule has 0 radical (unpaired) electrons. The Bertz CT molecular complexity index is 1010. The zero-order valence-electron chi connectivity index (χ0n) is 19.7. The molecule has 1 aromatic heterocycles. The molecule has 2 aliphatic rings. The van der Waals surface area contributed by atoms with Gasteiger partial charge < -0.3 is 25.5 Å². The fraction of sp³-hybridized carbons (Fsp3) is 0.542. The number of nitrogens with zero attached hydrogens (tertiary/aromatic N) is 4. The molecular weight excluding hydrogens is 423 g/mol. The highest BCUT2D eigenvalue weighted by atomic mass is 19.1. The smallest absolute Gasteiger partial charge is 0.273 e. The molecule has 2 aromatic rings. The van der Waals surface area contributed by atoms with Gasteiger partial charge in [0.15, 0.2) is 0 Å². The number of aliphatic hydroxyl groups is 1. The van der Waals surface area contributed by atoms with Gasteiger partial charge in [-0.3, -0.25) is 4.79 Å². The summed E-state index contributed by atoms with van der Waals surface area (Å²) < 4.78 is 13.3. The average molecular weight is 457 g/mol. The van der Waals surface area contributed by atoms with Crippen LogP contribution >= 0.6 is 0 Å². The van der Waals surface area contributed by atoms with Crippen LogP contribution in [0.2, 0.25) is 0 Å². The summed E-state index contributed by atoms with van der Waals surface area (Å²) in [5.41, 5.74) is 1.85. The maximum Gasteiger partial charge on any atom is 0.273 e. The maximum absolute atomic E-state index is 13.3. The Morgan fingerprint density at radius 2 is 2.00 bits per heavy atom. The van der Waals surface area contributed by atoms with Crippen molar-refractivity contribution < 1.29 is 14.3 Å². The predicted octanol–water partition coefficient (Wildman–Crippen LogP) is 2.18. The molecule has 0 spiro atoms. The van der Waals surface area contributed by atoms with Crippen molar-refractivity contribution in [3.8, 4) is 0 Å². The molecule has 3 N–H and O–H groups in total.